The normalized spacial score (nSPS) is 18.6. The van der Waals surface area contributed by atoms with Crippen molar-refractivity contribution in [3.05, 3.63) is 16.0 Å². The van der Waals surface area contributed by atoms with E-state index in [1.54, 1.807) is 0 Å². The van der Waals surface area contributed by atoms with Crippen LogP contribution in [0.4, 0.5) is 5.82 Å². The Kier molecular flexibility index (Phi) is 3.03. The van der Waals surface area contributed by atoms with E-state index in [4.69, 9.17) is 23.2 Å². The van der Waals surface area contributed by atoms with E-state index in [0.29, 0.717) is 17.4 Å². The Balaban J connectivity index is 1.90. The molecule has 5 nitrogen and oxygen atoms in total. The molecule has 2 aliphatic rings. The molecule has 0 aromatic carbocycles. The van der Waals surface area contributed by atoms with Gasteiger partial charge in [0.15, 0.2) is 0 Å². The minimum absolute atomic E-state index is 0.0473. The third-order valence-corrected chi connectivity index (χ3v) is 3.34. The van der Waals surface area contributed by atoms with Crippen LogP contribution in [0.5, 0.6) is 0 Å². The van der Waals surface area contributed by atoms with E-state index < -0.39 is 0 Å². The number of nitrogens with zero attached hydrogens (tertiary/aromatic N) is 2. The molecule has 1 amide bonds. The molecule has 1 heterocycles. The number of hydrogen-bond acceptors (Lipinski definition) is 4. The number of halogens is 2. The zero-order valence-electron chi connectivity index (χ0n) is 9.54. The average molecular weight is 287 g/mol. The highest BCUT2D eigenvalue weighted by Crippen LogP contribution is 2.30. The molecule has 0 aliphatic heterocycles. The van der Waals surface area contributed by atoms with Gasteiger partial charge in [0.05, 0.1) is 0 Å². The lowest BCUT2D eigenvalue weighted by Gasteiger charge is -2.11. The molecule has 18 heavy (non-hydrogen) atoms. The molecular weight excluding hydrogens is 275 g/mol. The lowest BCUT2D eigenvalue weighted by Crippen LogP contribution is -2.27. The smallest absolute Gasteiger partial charge is 0.258 e. The van der Waals surface area contributed by atoms with E-state index in [1.165, 1.54) is 0 Å². The molecule has 96 valence electrons. The van der Waals surface area contributed by atoms with Crippen LogP contribution in [-0.2, 0) is 0 Å². The molecular formula is C11H12Cl2N4O. The van der Waals surface area contributed by atoms with E-state index in [9.17, 15) is 4.79 Å². The number of anilines is 1. The first-order valence-electron chi connectivity index (χ1n) is 5.94. The maximum Gasteiger partial charge on any atom is 0.258 e. The van der Waals surface area contributed by atoms with Crippen LogP contribution in [0, 0.1) is 0 Å². The molecule has 0 atom stereocenters. The van der Waals surface area contributed by atoms with Crippen LogP contribution < -0.4 is 10.6 Å². The van der Waals surface area contributed by atoms with Gasteiger partial charge < -0.3 is 10.6 Å². The summed E-state index contributed by atoms with van der Waals surface area (Å²) >= 11 is 11.8. The van der Waals surface area contributed by atoms with Crippen LogP contribution in [0.15, 0.2) is 0 Å². The van der Waals surface area contributed by atoms with Crippen molar-refractivity contribution in [1.29, 1.82) is 0 Å². The monoisotopic (exact) mass is 286 g/mol. The number of carbonyl (C=O) groups is 1. The van der Waals surface area contributed by atoms with Crippen LogP contribution in [0.25, 0.3) is 0 Å². The third-order valence-electron chi connectivity index (χ3n) is 2.90. The van der Waals surface area contributed by atoms with Gasteiger partial charge in [0, 0.05) is 12.1 Å². The Hall–Kier alpha value is -1.07. The van der Waals surface area contributed by atoms with E-state index in [1.807, 2.05) is 0 Å². The van der Waals surface area contributed by atoms with E-state index in [2.05, 4.69) is 20.6 Å². The zero-order valence-corrected chi connectivity index (χ0v) is 11.1. The van der Waals surface area contributed by atoms with Crippen molar-refractivity contribution in [1.82, 2.24) is 15.3 Å². The molecule has 1 aromatic rings. The largest absolute Gasteiger partial charge is 0.366 e. The fraction of sp³-hybridized carbons (Fsp3) is 0.545. The SMILES string of the molecule is O=C(NC1CC1)c1c(Cl)nc(Cl)nc1NC1CC1. The van der Waals surface area contributed by atoms with Crippen molar-refractivity contribution in [2.75, 3.05) is 5.32 Å². The second-order valence-electron chi connectivity index (χ2n) is 4.67. The molecule has 0 saturated heterocycles. The van der Waals surface area contributed by atoms with Gasteiger partial charge in [-0.15, -0.1) is 0 Å². The molecule has 2 fully saturated rings. The summed E-state index contributed by atoms with van der Waals surface area (Å²) in [4.78, 5) is 20.0. The zero-order chi connectivity index (χ0) is 12.7. The highest BCUT2D eigenvalue weighted by molar-refractivity contribution is 6.35. The van der Waals surface area contributed by atoms with Gasteiger partial charge in [-0.2, -0.15) is 4.98 Å². The minimum atomic E-state index is -0.234. The molecule has 2 saturated carbocycles. The molecule has 0 bridgehead atoms. The first-order valence-corrected chi connectivity index (χ1v) is 6.69. The first-order chi connectivity index (χ1) is 8.63. The number of rotatable bonds is 4. The third kappa shape index (κ3) is 2.67. The topological polar surface area (TPSA) is 66.9 Å². The first kappa shape index (κ1) is 12.0. The number of hydrogen-bond donors (Lipinski definition) is 2. The molecule has 0 radical (unpaired) electrons. The van der Waals surface area contributed by atoms with Gasteiger partial charge in [0.2, 0.25) is 5.28 Å². The number of carbonyl (C=O) groups excluding carboxylic acids is 1. The van der Waals surface area contributed by atoms with E-state index in [-0.39, 0.29) is 22.4 Å². The van der Waals surface area contributed by atoms with Crippen LogP contribution >= 0.6 is 23.2 Å². The maximum atomic E-state index is 12.1. The quantitative estimate of drug-likeness (QED) is 0.658. The van der Waals surface area contributed by atoms with Crippen LogP contribution in [0.1, 0.15) is 36.0 Å². The van der Waals surface area contributed by atoms with Gasteiger partial charge in [-0.05, 0) is 37.3 Å². The maximum absolute atomic E-state index is 12.1. The van der Waals surface area contributed by atoms with Gasteiger partial charge >= 0.3 is 0 Å². The summed E-state index contributed by atoms with van der Waals surface area (Å²) in [7, 11) is 0. The van der Waals surface area contributed by atoms with E-state index in [0.717, 1.165) is 25.7 Å². The summed E-state index contributed by atoms with van der Waals surface area (Å²) in [5.41, 5.74) is 0.292. The summed E-state index contributed by atoms with van der Waals surface area (Å²) < 4.78 is 0. The summed E-state index contributed by atoms with van der Waals surface area (Å²) in [6.07, 6.45) is 4.18. The minimum Gasteiger partial charge on any atom is -0.366 e. The average Bonchev–Trinajstić information content (AvgIpc) is 3.11. The van der Waals surface area contributed by atoms with Crippen LogP contribution in [-0.4, -0.2) is 28.0 Å². The van der Waals surface area contributed by atoms with Gasteiger partial charge in [-0.1, -0.05) is 11.6 Å². The second-order valence-corrected chi connectivity index (χ2v) is 5.37. The van der Waals surface area contributed by atoms with Crippen molar-refractivity contribution in [2.24, 2.45) is 0 Å². The van der Waals surface area contributed by atoms with Crippen LogP contribution in [0.2, 0.25) is 10.4 Å². The Morgan fingerprint density at radius 1 is 1.11 bits per heavy atom. The van der Waals surface area contributed by atoms with E-state index >= 15 is 0 Å². The fourth-order valence-corrected chi connectivity index (χ4v) is 2.09. The molecule has 3 rings (SSSR count). The molecule has 7 heteroatoms. The fourth-order valence-electron chi connectivity index (χ4n) is 1.62. The summed E-state index contributed by atoms with van der Waals surface area (Å²) in [5, 5.41) is 6.18. The molecule has 2 aliphatic carbocycles. The molecule has 0 spiro atoms. The molecule has 2 N–H and O–H groups in total. The summed E-state index contributed by atoms with van der Waals surface area (Å²) in [6, 6.07) is 0.623. The van der Waals surface area contributed by atoms with Gasteiger partial charge in [0.1, 0.15) is 16.5 Å². The van der Waals surface area contributed by atoms with Gasteiger partial charge in [0.25, 0.3) is 5.91 Å². The van der Waals surface area contributed by atoms with Gasteiger partial charge in [-0.25, -0.2) is 4.98 Å². The van der Waals surface area contributed by atoms with Crippen molar-refractivity contribution in [2.45, 2.75) is 37.8 Å². The lowest BCUT2D eigenvalue weighted by molar-refractivity contribution is 0.0951. The molecule has 1 aromatic heterocycles. The van der Waals surface area contributed by atoms with Crippen LogP contribution in [0.3, 0.4) is 0 Å². The lowest BCUT2D eigenvalue weighted by atomic mass is 10.2. The standard InChI is InChI=1S/C11H12Cl2N4O/c12-8-7(10(18)15-6-3-4-6)9(14-5-1-2-5)17-11(13)16-8/h5-6H,1-4H2,(H,15,18)(H,14,16,17). The predicted molar refractivity (Wildman–Crippen MR) is 69.2 cm³/mol. The Labute approximate surface area is 114 Å². The van der Waals surface area contributed by atoms with Gasteiger partial charge in [-0.3, -0.25) is 4.79 Å². The molecule has 0 unspecified atom stereocenters. The highest BCUT2D eigenvalue weighted by Gasteiger charge is 2.30. The Bertz CT molecular complexity index is 500. The Morgan fingerprint density at radius 3 is 2.39 bits per heavy atom. The second kappa shape index (κ2) is 4.55. The highest BCUT2D eigenvalue weighted by atomic mass is 35.5. The predicted octanol–water partition coefficient (Wildman–Crippen LogP) is 2.25. The number of aromatic nitrogens is 2. The van der Waals surface area contributed by atoms with Crippen molar-refractivity contribution in [3.63, 3.8) is 0 Å². The summed E-state index contributed by atoms with van der Waals surface area (Å²) in [5.74, 6) is 0.197. The van der Waals surface area contributed by atoms with Crippen molar-refractivity contribution >= 4 is 34.9 Å². The van der Waals surface area contributed by atoms with Crippen molar-refractivity contribution < 1.29 is 4.79 Å². The Morgan fingerprint density at radius 2 is 1.78 bits per heavy atom. The summed E-state index contributed by atoms with van der Waals surface area (Å²) in [6.45, 7) is 0. The number of nitrogens with one attached hydrogen (secondary N) is 2. The number of amides is 1. The van der Waals surface area contributed by atoms with Crippen molar-refractivity contribution in [3.8, 4) is 0 Å².